The molecule has 0 aromatic carbocycles. The molecule has 7 nitrogen and oxygen atoms in total. The van der Waals surface area contributed by atoms with Gasteiger partial charge < -0.3 is 5.11 Å². The molecule has 0 radical (unpaired) electrons. The summed E-state index contributed by atoms with van der Waals surface area (Å²) in [4.78, 5) is 78.4. The molecule has 0 aliphatic heterocycles. The van der Waals surface area contributed by atoms with Crippen molar-refractivity contribution in [2.75, 3.05) is 0 Å². The van der Waals surface area contributed by atoms with E-state index >= 15 is 0 Å². The number of fused-ring (bicyclic) bond motifs is 4. The Morgan fingerprint density at radius 2 is 1.51 bits per heavy atom. The number of ketones is 5. The summed E-state index contributed by atoms with van der Waals surface area (Å²) in [6, 6.07) is 0. The Morgan fingerprint density at radius 1 is 0.892 bits per heavy atom. The lowest BCUT2D eigenvalue weighted by Gasteiger charge is -2.58. The number of carbonyl (C=O) groups is 6. The second-order valence-corrected chi connectivity index (χ2v) is 13.5. The number of rotatable bonds is 6. The van der Waals surface area contributed by atoms with Gasteiger partial charge in [-0.25, -0.2) is 0 Å². The Morgan fingerprint density at radius 3 is 2.11 bits per heavy atom. The summed E-state index contributed by atoms with van der Waals surface area (Å²) in [6.07, 6.45) is 1.34. The first-order valence-corrected chi connectivity index (χ1v) is 13.6. The van der Waals surface area contributed by atoms with E-state index in [4.69, 9.17) is 5.11 Å². The van der Waals surface area contributed by atoms with Gasteiger partial charge in [0.05, 0.1) is 11.3 Å². The molecule has 7 heteroatoms. The summed E-state index contributed by atoms with van der Waals surface area (Å²) in [6.45, 7) is 12.9. The van der Waals surface area contributed by atoms with Crippen molar-refractivity contribution in [3.63, 3.8) is 0 Å². The maximum Gasteiger partial charge on any atom is 0.306 e. The maximum absolute atomic E-state index is 14.0. The zero-order valence-corrected chi connectivity index (χ0v) is 23.2. The minimum Gasteiger partial charge on any atom is -0.481 e. The summed E-state index contributed by atoms with van der Waals surface area (Å²) in [7, 11) is 0. The molecule has 4 rings (SSSR count). The van der Waals surface area contributed by atoms with Crippen LogP contribution in [0, 0.1) is 45.3 Å². The van der Waals surface area contributed by atoms with Crippen LogP contribution in [0.3, 0.4) is 0 Å². The van der Waals surface area contributed by atoms with Crippen molar-refractivity contribution in [3.8, 4) is 0 Å². The lowest BCUT2D eigenvalue weighted by Crippen LogP contribution is -2.59. The van der Waals surface area contributed by atoms with E-state index in [-0.39, 0.29) is 78.8 Å². The van der Waals surface area contributed by atoms with Crippen LogP contribution in [0.15, 0.2) is 11.1 Å². The van der Waals surface area contributed by atoms with E-state index in [9.17, 15) is 28.8 Å². The van der Waals surface area contributed by atoms with Crippen LogP contribution in [0.1, 0.15) is 93.4 Å². The minimum absolute atomic E-state index is 0.0697. The average Bonchev–Trinajstić information content (AvgIpc) is 2.99. The first-order chi connectivity index (χ1) is 16.9. The molecule has 0 aromatic rings. The third-order valence-corrected chi connectivity index (χ3v) is 11.1. The predicted octanol–water partition coefficient (Wildman–Crippen LogP) is 4.55. The molecule has 1 N–H and O–H groups in total. The van der Waals surface area contributed by atoms with E-state index < -0.39 is 33.5 Å². The number of carboxylic acid groups (broad SMARTS) is 1. The van der Waals surface area contributed by atoms with E-state index in [1.54, 1.807) is 0 Å². The van der Waals surface area contributed by atoms with Gasteiger partial charge in [-0.15, -0.1) is 0 Å². The normalized spacial score (nSPS) is 38.6. The number of hydrogen-bond acceptors (Lipinski definition) is 6. The first kappa shape index (κ1) is 27.6. The molecule has 0 aromatic heterocycles. The fourth-order valence-corrected chi connectivity index (χ4v) is 8.66. The summed E-state index contributed by atoms with van der Waals surface area (Å²) >= 11 is 0. The van der Waals surface area contributed by atoms with E-state index in [0.717, 1.165) is 0 Å². The van der Waals surface area contributed by atoms with Gasteiger partial charge in [0.25, 0.3) is 0 Å². The van der Waals surface area contributed by atoms with Crippen molar-refractivity contribution in [2.24, 2.45) is 45.3 Å². The maximum atomic E-state index is 14.0. The van der Waals surface area contributed by atoms with Crippen molar-refractivity contribution >= 4 is 34.9 Å². The minimum atomic E-state index is -1.14. The largest absolute Gasteiger partial charge is 0.481 e. The molecule has 4 aliphatic carbocycles. The van der Waals surface area contributed by atoms with Crippen LogP contribution in [-0.4, -0.2) is 40.0 Å². The van der Waals surface area contributed by atoms with Crippen LogP contribution in [0.4, 0.5) is 0 Å². The van der Waals surface area contributed by atoms with Gasteiger partial charge >= 0.3 is 5.97 Å². The Kier molecular flexibility index (Phi) is 6.37. The van der Waals surface area contributed by atoms with E-state index in [2.05, 4.69) is 0 Å². The zero-order chi connectivity index (χ0) is 27.9. The fraction of sp³-hybridized carbons (Fsp3) is 0.733. The van der Waals surface area contributed by atoms with E-state index in [1.807, 2.05) is 41.5 Å². The average molecular weight is 513 g/mol. The van der Waals surface area contributed by atoms with Gasteiger partial charge in [-0.05, 0) is 36.5 Å². The van der Waals surface area contributed by atoms with Gasteiger partial charge in [0.2, 0.25) is 0 Å². The molecule has 0 unspecified atom stereocenters. The Labute approximate surface area is 218 Å². The van der Waals surface area contributed by atoms with Crippen molar-refractivity contribution in [1.29, 1.82) is 0 Å². The van der Waals surface area contributed by atoms with Gasteiger partial charge in [-0.2, -0.15) is 0 Å². The fourth-order valence-electron chi connectivity index (χ4n) is 8.66. The first-order valence-electron chi connectivity index (χ1n) is 13.6. The number of carboxylic acids is 1. The molecule has 37 heavy (non-hydrogen) atoms. The van der Waals surface area contributed by atoms with Crippen molar-refractivity contribution in [3.05, 3.63) is 11.1 Å². The third kappa shape index (κ3) is 3.66. The second-order valence-electron chi connectivity index (χ2n) is 13.5. The van der Waals surface area contributed by atoms with Crippen molar-refractivity contribution in [1.82, 2.24) is 0 Å². The molecular weight excluding hydrogens is 472 g/mol. The highest BCUT2D eigenvalue weighted by molar-refractivity contribution is 6.16. The SMILES string of the molecule is C[C@H](CC(=O)C[C@@H](C)[C@H]1CC(=O)[C@@]2(C)C3=C(C(=O)C[C@]12C)[C@@]1(C)CCC(=O)C(C)(C)[C@@H]1CC3=O)C(=O)O. The molecule has 4 aliphatic rings. The van der Waals surface area contributed by atoms with Gasteiger partial charge in [-0.3, -0.25) is 28.8 Å². The highest BCUT2D eigenvalue weighted by Gasteiger charge is 2.70. The van der Waals surface area contributed by atoms with Crippen molar-refractivity contribution in [2.45, 2.75) is 93.4 Å². The standard InChI is InChI=1S/C30H40O7/c1-15(10-17(31)11-16(2)26(36)37)18-12-23(35)30(7)25-19(32)13-21-27(3,4)22(34)8-9-28(21,5)24(25)20(33)14-29(18,30)6/h15-16,18,21H,8-14H2,1-7H3,(H,36,37)/t15-,16-,18-,21+,28+,29-,30+/m1/s1. The molecule has 0 heterocycles. The van der Waals surface area contributed by atoms with Crippen LogP contribution >= 0.6 is 0 Å². The van der Waals surface area contributed by atoms with Crippen LogP contribution in [0.2, 0.25) is 0 Å². The monoisotopic (exact) mass is 512 g/mol. The highest BCUT2D eigenvalue weighted by atomic mass is 16.4. The number of hydrogen-bond donors (Lipinski definition) is 1. The van der Waals surface area contributed by atoms with Crippen LogP contribution in [0.25, 0.3) is 0 Å². The number of allylic oxidation sites excluding steroid dienone is 2. The molecule has 0 amide bonds. The second kappa shape index (κ2) is 8.54. The highest BCUT2D eigenvalue weighted by Crippen LogP contribution is 2.69. The van der Waals surface area contributed by atoms with Crippen LogP contribution < -0.4 is 0 Å². The van der Waals surface area contributed by atoms with Gasteiger partial charge in [0.15, 0.2) is 11.6 Å². The van der Waals surface area contributed by atoms with Crippen molar-refractivity contribution < 1.29 is 33.9 Å². The summed E-state index contributed by atoms with van der Waals surface area (Å²) in [5.41, 5.74) is -2.49. The predicted molar refractivity (Wildman–Crippen MR) is 135 cm³/mol. The Hall–Kier alpha value is -2.44. The number of aliphatic carboxylic acids is 1. The lowest BCUT2D eigenvalue weighted by atomic mass is 9.43. The van der Waals surface area contributed by atoms with Crippen LogP contribution in [0.5, 0.6) is 0 Å². The Bertz CT molecular complexity index is 1160. The summed E-state index contributed by atoms with van der Waals surface area (Å²) < 4.78 is 0. The summed E-state index contributed by atoms with van der Waals surface area (Å²) in [5, 5.41) is 9.16. The van der Waals surface area contributed by atoms with E-state index in [1.165, 1.54) is 6.92 Å². The zero-order valence-electron chi connectivity index (χ0n) is 23.2. The molecule has 202 valence electrons. The lowest BCUT2D eigenvalue weighted by molar-refractivity contribution is -0.147. The quantitative estimate of drug-likeness (QED) is 0.554. The van der Waals surface area contributed by atoms with Gasteiger partial charge in [0.1, 0.15) is 17.3 Å². The van der Waals surface area contributed by atoms with Gasteiger partial charge in [-0.1, -0.05) is 41.5 Å². The van der Waals surface area contributed by atoms with Gasteiger partial charge in [0, 0.05) is 60.5 Å². The molecule has 0 spiro atoms. The number of carbonyl (C=O) groups excluding carboxylic acids is 5. The Balaban J connectivity index is 1.76. The number of Topliss-reactive ketones (excluding diaryl/α,β-unsaturated/α-hetero) is 5. The smallest absolute Gasteiger partial charge is 0.306 e. The molecule has 2 saturated carbocycles. The molecule has 7 atom stereocenters. The molecule has 0 bridgehead atoms. The molecule has 0 saturated heterocycles. The molecule has 2 fully saturated rings. The molecular formula is C30H40O7. The third-order valence-electron chi connectivity index (χ3n) is 11.1. The summed E-state index contributed by atoms with van der Waals surface area (Å²) in [5.74, 6) is -3.06. The van der Waals surface area contributed by atoms with Crippen LogP contribution in [-0.2, 0) is 28.8 Å². The topological polar surface area (TPSA) is 123 Å². The van der Waals surface area contributed by atoms with E-state index in [0.29, 0.717) is 24.0 Å².